The molecule has 0 amide bonds. The summed E-state index contributed by atoms with van der Waals surface area (Å²) in [5.74, 6) is 4.23. The molecule has 2 saturated carbocycles. The van der Waals surface area contributed by atoms with E-state index < -0.39 is 0 Å². The summed E-state index contributed by atoms with van der Waals surface area (Å²) >= 11 is 1.10. The Labute approximate surface area is 105 Å². The smallest absolute Gasteiger partial charge is 0.292 e. The molecular weight excluding hydrogens is 236 g/mol. The number of terminal acetylenes is 1. The molecule has 0 aliphatic heterocycles. The molecule has 90 valence electrons. The van der Waals surface area contributed by atoms with Crippen molar-refractivity contribution in [2.75, 3.05) is 6.61 Å². The second-order valence-electron chi connectivity index (χ2n) is 4.80. The van der Waals surface area contributed by atoms with E-state index in [1.165, 1.54) is 12.8 Å². The molecule has 2 aliphatic carbocycles. The fourth-order valence-corrected chi connectivity index (χ4v) is 3.36. The first-order chi connectivity index (χ1) is 8.31. The SMILES string of the molecule is C#CCOc1nsnc1OC12CCC(CC1)C2. The lowest BCUT2D eigenvalue weighted by molar-refractivity contribution is 0.0713. The van der Waals surface area contributed by atoms with Crippen LogP contribution < -0.4 is 9.47 Å². The highest BCUT2D eigenvalue weighted by molar-refractivity contribution is 6.99. The molecule has 17 heavy (non-hydrogen) atoms. The Kier molecular flexibility index (Phi) is 2.67. The fraction of sp³-hybridized carbons (Fsp3) is 0.667. The van der Waals surface area contributed by atoms with Crippen LogP contribution in [-0.2, 0) is 0 Å². The van der Waals surface area contributed by atoms with Crippen LogP contribution in [0.2, 0.25) is 0 Å². The molecule has 2 fully saturated rings. The van der Waals surface area contributed by atoms with Gasteiger partial charge in [-0.3, -0.25) is 0 Å². The molecule has 1 aromatic rings. The largest absolute Gasteiger partial charge is 0.467 e. The van der Waals surface area contributed by atoms with Crippen molar-refractivity contribution >= 4 is 11.7 Å². The van der Waals surface area contributed by atoms with Crippen LogP contribution in [0.5, 0.6) is 11.8 Å². The number of nitrogens with zero attached hydrogens (tertiary/aromatic N) is 2. The zero-order valence-corrected chi connectivity index (χ0v) is 10.3. The lowest BCUT2D eigenvalue weighted by atomic mass is 9.97. The van der Waals surface area contributed by atoms with Gasteiger partial charge in [0, 0.05) is 0 Å². The van der Waals surface area contributed by atoms with Crippen molar-refractivity contribution in [1.29, 1.82) is 0 Å². The van der Waals surface area contributed by atoms with E-state index in [2.05, 4.69) is 14.7 Å². The molecule has 2 aliphatic rings. The van der Waals surface area contributed by atoms with Crippen molar-refractivity contribution in [3.63, 3.8) is 0 Å². The summed E-state index contributed by atoms with van der Waals surface area (Å²) in [7, 11) is 0. The zero-order valence-electron chi connectivity index (χ0n) is 9.52. The highest BCUT2D eigenvalue weighted by atomic mass is 32.1. The Morgan fingerprint density at radius 1 is 1.35 bits per heavy atom. The molecule has 1 aromatic heterocycles. The van der Waals surface area contributed by atoms with Gasteiger partial charge in [0.15, 0.2) is 6.61 Å². The van der Waals surface area contributed by atoms with Crippen molar-refractivity contribution in [3.05, 3.63) is 0 Å². The summed E-state index contributed by atoms with van der Waals surface area (Å²) < 4.78 is 19.6. The third-order valence-electron chi connectivity index (χ3n) is 3.71. The lowest BCUT2D eigenvalue weighted by Gasteiger charge is -2.26. The Balaban J connectivity index is 1.72. The van der Waals surface area contributed by atoms with E-state index in [1.807, 2.05) is 0 Å². The summed E-state index contributed by atoms with van der Waals surface area (Å²) in [6.07, 6.45) is 11.1. The fourth-order valence-electron chi connectivity index (χ4n) is 2.92. The standard InChI is InChI=1S/C12H14N2O2S/c1-2-7-15-10-11(14-17-13-10)16-12-5-3-9(8-12)4-6-12/h1,9H,3-8H2. The average Bonchev–Trinajstić information content (AvgIpc) is 3.02. The molecule has 0 N–H and O–H groups in total. The number of hydrogen-bond donors (Lipinski definition) is 0. The van der Waals surface area contributed by atoms with Crippen molar-refractivity contribution < 1.29 is 9.47 Å². The molecule has 0 radical (unpaired) electrons. The van der Waals surface area contributed by atoms with Crippen LogP contribution in [0.4, 0.5) is 0 Å². The summed E-state index contributed by atoms with van der Waals surface area (Å²) in [6, 6.07) is 0. The van der Waals surface area contributed by atoms with Gasteiger partial charge in [-0.25, -0.2) is 0 Å². The van der Waals surface area contributed by atoms with Crippen LogP contribution in [0.1, 0.15) is 32.1 Å². The van der Waals surface area contributed by atoms with Gasteiger partial charge >= 0.3 is 0 Å². The first-order valence-corrected chi connectivity index (χ1v) is 6.62. The van der Waals surface area contributed by atoms with Gasteiger partial charge in [0.05, 0.1) is 11.7 Å². The first kappa shape index (κ1) is 10.8. The summed E-state index contributed by atoms with van der Waals surface area (Å²) in [5, 5.41) is 0. The van der Waals surface area contributed by atoms with E-state index in [0.717, 1.165) is 36.9 Å². The van der Waals surface area contributed by atoms with E-state index in [1.54, 1.807) is 0 Å². The van der Waals surface area contributed by atoms with Crippen LogP contribution >= 0.6 is 11.7 Å². The normalized spacial score (nSPS) is 30.2. The minimum Gasteiger partial charge on any atom is -0.467 e. The van der Waals surface area contributed by atoms with E-state index in [4.69, 9.17) is 15.9 Å². The number of fused-ring (bicyclic) bond motifs is 2. The second-order valence-corrected chi connectivity index (χ2v) is 5.33. The van der Waals surface area contributed by atoms with Crippen LogP contribution in [0.25, 0.3) is 0 Å². The molecule has 3 rings (SSSR count). The average molecular weight is 250 g/mol. The Hall–Kier alpha value is -1.28. The van der Waals surface area contributed by atoms with E-state index >= 15 is 0 Å². The molecule has 0 unspecified atom stereocenters. The molecule has 0 spiro atoms. The maximum absolute atomic E-state index is 6.07. The van der Waals surface area contributed by atoms with Crippen LogP contribution in [-0.4, -0.2) is 21.0 Å². The number of hydrogen-bond acceptors (Lipinski definition) is 5. The van der Waals surface area contributed by atoms with Gasteiger partial charge in [0.1, 0.15) is 5.60 Å². The maximum Gasteiger partial charge on any atom is 0.292 e. The molecule has 0 saturated heterocycles. The van der Waals surface area contributed by atoms with Crippen LogP contribution in [0.3, 0.4) is 0 Å². The van der Waals surface area contributed by atoms with Gasteiger partial charge in [-0.15, -0.1) is 15.2 Å². The van der Waals surface area contributed by atoms with Gasteiger partial charge in [-0.1, -0.05) is 5.92 Å². The molecule has 4 nitrogen and oxygen atoms in total. The quantitative estimate of drug-likeness (QED) is 0.769. The summed E-state index contributed by atoms with van der Waals surface area (Å²) in [5.41, 5.74) is -0.00528. The summed E-state index contributed by atoms with van der Waals surface area (Å²) in [4.78, 5) is 0. The molecule has 0 atom stereocenters. The monoisotopic (exact) mass is 250 g/mol. The zero-order chi connectivity index (χ0) is 11.7. The van der Waals surface area contributed by atoms with E-state index in [-0.39, 0.29) is 12.2 Å². The van der Waals surface area contributed by atoms with Gasteiger partial charge in [0.2, 0.25) is 0 Å². The topological polar surface area (TPSA) is 44.2 Å². The van der Waals surface area contributed by atoms with Gasteiger partial charge in [-0.2, -0.15) is 0 Å². The predicted molar refractivity (Wildman–Crippen MR) is 64.2 cm³/mol. The predicted octanol–water partition coefficient (Wildman–Crippen LogP) is 2.26. The van der Waals surface area contributed by atoms with Gasteiger partial charge in [-0.05, 0) is 38.0 Å². The molecule has 2 bridgehead atoms. The number of ether oxygens (including phenoxy) is 2. The molecule has 5 heteroatoms. The van der Waals surface area contributed by atoms with Gasteiger partial charge in [0.25, 0.3) is 11.8 Å². The van der Waals surface area contributed by atoms with Crippen molar-refractivity contribution in [2.45, 2.75) is 37.7 Å². The second kappa shape index (κ2) is 4.19. The van der Waals surface area contributed by atoms with Gasteiger partial charge < -0.3 is 9.47 Å². The Bertz CT molecular complexity index is 444. The molecular formula is C12H14N2O2S. The van der Waals surface area contributed by atoms with Crippen LogP contribution in [0.15, 0.2) is 0 Å². The number of rotatable bonds is 4. The Morgan fingerprint density at radius 3 is 2.76 bits per heavy atom. The van der Waals surface area contributed by atoms with E-state index in [0.29, 0.717) is 11.8 Å². The maximum atomic E-state index is 6.07. The third kappa shape index (κ3) is 1.98. The van der Waals surface area contributed by atoms with Crippen molar-refractivity contribution in [1.82, 2.24) is 8.75 Å². The van der Waals surface area contributed by atoms with Crippen molar-refractivity contribution in [2.24, 2.45) is 5.92 Å². The first-order valence-electron chi connectivity index (χ1n) is 5.89. The summed E-state index contributed by atoms with van der Waals surface area (Å²) in [6.45, 7) is 0.206. The highest BCUT2D eigenvalue weighted by Crippen LogP contribution is 2.50. The molecule has 0 aromatic carbocycles. The Morgan fingerprint density at radius 2 is 2.12 bits per heavy atom. The lowest BCUT2D eigenvalue weighted by Crippen LogP contribution is -2.30. The van der Waals surface area contributed by atoms with E-state index in [9.17, 15) is 0 Å². The highest BCUT2D eigenvalue weighted by Gasteiger charge is 2.47. The minimum atomic E-state index is -0.00528. The van der Waals surface area contributed by atoms with Crippen LogP contribution in [0, 0.1) is 18.3 Å². The number of aromatic nitrogens is 2. The van der Waals surface area contributed by atoms with Crippen molar-refractivity contribution in [3.8, 4) is 24.1 Å². The third-order valence-corrected chi connectivity index (χ3v) is 4.21. The molecule has 1 heterocycles. The minimum absolute atomic E-state index is 0.00528.